The van der Waals surface area contributed by atoms with Crippen LogP contribution in [-0.4, -0.2) is 62.3 Å². The molecular formula is C21H25FN2O6S. The Kier molecular flexibility index (Phi) is 7.11. The van der Waals surface area contributed by atoms with Crippen LogP contribution in [0.3, 0.4) is 0 Å². The topological polar surface area (TPSA) is 97.1 Å². The van der Waals surface area contributed by atoms with Crippen molar-refractivity contribution in [3.05, 3.63) is 53.5 Å². The van der Waals surface area contributed by atoms with E-state index in [0.29, 0.717) is 0 Å². The van der Waals surface area contributed by atoms with Crippen molar-refractivity contribution >= 4 is 21.9 Å². The summed E-state index contributed by atoms with van der Waals surface area (Å²) in [5.74, 6) is -1.40. The van der Waals surface area contributed by atoms with Crippen molar-refractivity contribution in [3.63, 3.8) is 0 Å². The number of sulfonamides is 1. The number of nitrogens with zero attached hydrogens (tertiary/aromatic N) is 2. The first kappa shape index (κ1) is 23.0. The van der Waals surface area contributed by atoms with Gasteiger partial charge in [-0.05, 0) is 42.7 Å². The Morgan fingerprint density at radius 2 is 1.74 bits per heavy atom. The van der Waals surface area contributed by atoms with Gasteiger partial charge in [-0.3, -0.25) is 4.79 Å². The van der Waals surface area contributed by atoms with E-state index >= 15 is 0 Å². The third-order valence-electron chi connectivity index (χ3n) is 5.16. The van der Waals surface area contributed by atoms with Gasteiger partial charge in [0.1, 0.15) is 5.82 Å². The maximum atomic E-state index is 13.1. The van der Waals surface area contributed by atoms with Crippen molar-refractivity contribution in [1.29, 1.82) is 0 Å². The Morgan fingerprint density at radius 3 is 2.35 bits per heavy atom. The molecule has 168 valence electrons. The number of benzene rings is 1. The van der Waals surface area contributed by atoms with Gasteiger partial charge in [-0.1, -0.05) is 19.1 Å². The number of hydrogen-bond donors (Lipinski definition) is 0. The molecule has 2 heterocycles. The predicted octanol–water partition coefficient (Wildman–Crippen LogP) is 2.62. The van der Waals surface area contributed by atoms with E-state index in [9.17, 15) is 22.4 Å². The van der Waals surface area contributed by atoms with Crippen LogP contribution in [0, 0.1) is 5.82 Å². The highest BCUT2D eigenvalue weighted by Crippen LogP contribution is 2.23. The zero-order chi connectivity index (χ0) is 22.6. The highest BCUT2D eigenvalue weighted by molar-refractivity contribution is 7.89. The molecule has 10 heteroatoms. The number of ether oxygens (including phenoxy) is 1. The maximum Gasteiger partial charge on any atom is 0.374 e. The van der Waals surface area contributed by atoms with Gasteiger partial charge in [0.2, 0.25) is 16.8 Å². The molecule has 2 aromatic rings. The third kappa shape index (κ3) is 5.31. The van der Waals surface area contributed by atoms with E-state index < -0.39 is 16.0 Å². The average molecular weight is 453 g/mol. The lowest BCUT2D eigenvalue weighted by molar-refractivity contribution is -0.132. The van der Waals surface area contributed by atoms with Gasteiger partial charge >= 0.3 is 5.97 Å². The van der Waals surface area contributed by atoms with Crippen molar-refractivity contribution in [2.24, 2.45) is 0 Å². The fourth-order valence-electron chi connectivity index (χ4n) is 3.38. The van der Waals surface area contributed by atoms with E-state index in [1.165, 1.54) is 28.6 Å². The first-order valence-electron chi connectivity index (χ1n) is 10.0. The van der Waals surface area contributed by atoms with Gasteiger partial charge < -0.3 is 14.1 Å². The van der Waals surface area contributed by atoms with E-state index in [2.05, 4.69) is 0 Å². The summed E-state index contributed by atoms with van der Waals surface area (Å²) in [5, 5.41) is -0.333. The minimum absolute atomic E-state index is 0.0840. The second-order valence-corrected chi connectivity index (χ2v) is 9.15. The molecule has 1 aromatic heterocycles. The number of furan rings is 1. The first-order chi connectivity index (χ1) is 14.7. The Labute approximate surface area is 180 Å². The molecular weight excluding hydrogens is 427 g/mol. The molecule has 0 bridgehead atoms. The number of carbonyl (C=O) groups is 2. The predicted molar refractivity (Wildman–Crippen MR) is 109 cm³/mol. The van der Waals surface area contributed by atoms with Crippen LogP contribution >= 0.6 is 0 Å². The number of halogens is 1. The van der Waals surface area contributed by atoms with Crippen LogP contribution in [0.5, 0.6) is 0 Å². The molecule has 0 spiro atoms. The van der Waals surface area contributed by atoms with Gasteiger partial charge in [0.15, 0.2) is 0 Å². The van der Waals surface area contributed by atoms with Crippen molar-refractivity contribution < 1.29 is 31.6 Å². The normalized spacial score (nSPS) is 16.2. The van der Waals surface area contributed by atoms with Gasteiger partial charge in [-0.2, -0.15) is 4.31 Å². The SMILES string of the molecule is CCOC(=O)c1ccc(S(=O)(=O)N2CCN(C(=O)CC(C)c3ccc(F)cc3)CC2)o1. The summed E-state index contributed by atoms with van der Waals surface area (Å²) in [7, 11) is -3.92. The summed E-state index contributed by atoms with van der Waals surface area (Å²) in [6.07, 6.45) is 0.249. The Bertz CT molecular complexity index is 1030. The first-order valence-corrected chi connectivity index (χ1v) is 11.5. The van der Waals surface area contributed by atoms with Crippen LogP contribution in [-0.2, 0) is 19.6 Å². The van der Waals surface area contributed by atoms with Crippen LogP contribution in [0.25, 0.3) is 0 Å². The summed E-state index contributed by atoms with van der Waals surface area (Å²) in [6.45, 7) is 4.42. The summed E-state index contributed by atoms with van der Waals surface area (Å²) in [6, 6.07) is 8.53. The van der Waals surface area contributed by atoms with E-state index in [4.69, 9.17) is 9.15 Å². The Morgan fingerprint density at radius 1 is 1.10 bits per heavy atom. The number of rotatable bonds is 7. The van der Waals surface area contributed by atoms with Crippen molar-refractivity contribution in [2.75, 3.05) is 32.8 Å². The molecule has 1 amide bonds. The average Bonchev–Trinajstić information content (AvgIpc) is 3.26. The molecule has 1 aliphatic rings. The number of esters is 1. The quantitative estimate of drug-likeness (QED) is 0.599. The lowest BCUT2D eigenvalue weighted by atomic mass is 9.97. The molecule has 1 unspecified atom stereocenters. The molecule has 1 saturated heterocycles. The third-order valence-corrected chi connectivity index (χ3v) is 6.94. The molecule has 0 saturated carbocycles. The lowest BCUT2D eigenvalue weighted by Crippen LogP contribution is -2.50. The number of hydrogen-bond acceptors (Lipinski definition) is 6. The summed E-state index contributed by atoms with van der Waals surface area (Å²) < 4.78 is 49.9. The van der Waals surface area contributed by atoms with Crippen molar-refractivity contribution in [2.45, 2.75) is 31.3 Å². The number of piperazine rings is 1. The summed E-state index contributed by atoms with van der Waals surface area (Å²) in [5.41, 5.74) is 0.867. The van der Waals surface area contributed by atoms with Gasteiger partial charge in [-0.25, -0.2) is 17.6 Å². The summed E-state index contributed by atoms with van der Waals surface area (Å²) >= 11 is 0. The summed E-state index contributed by atoms with van der Waals surface area (Å²) in [4.78, 5) is 26.0. The largest absolute Gasteiger partial charge is 0.460 e. The molecule has 0 aliphatic carbocycles. The van der Waals surface area contributed by atoms with Crippen LogP contribution in [0.2, 0.25) is 0 Å². The zero-order valence-electron chi connectivity index (χ0n) is 17.4. The van der Waals surface area contributed by atoms with Gasteiger partial charge in [-0.15, -0.1) is 0 Å². The molecule has 1 fully saturated rings. The van der Waals surface area contributed by atoms with E-state index in [0.717, 1.165) is 5.56 Å². The highest BCUT2D eigenvalue weighted by atomic mass is 32.2. The van der Waals surface area contributed by atoms with E-state index in [-0.39, 0.29) is 67.7 Å². The molecule has 1 aliphatic heterocycles. The van der Waals surface area contributed by atoms with Crippen LogP contribution < -0.4 is 0 Å². The van der Waals surface area contributed by atoms with Crippen molar-refractivity contribution in [1.82, 2.24) is 9.21 Å². The second-order valence-electron chi connectivity index (χ2n) is 7.28. The molecule has 1 aromatic carbocycles. The van der Waals surface area contributed by atoms with E-state index in [1.54, 1.807) is 24.0 Å². The molecule has 31 heavy (non-hydrogen) atoms. The minimum atomic E-state index is -3.92. The molecule has 8 nitrogen and oxygen atoms in total. The van der Waals surface area contributed by atoms with Gasteiger partial charge in [0, 0.05) is 32.6 Å². The minimum Gasteiger partial charge on any atom is -0.460 e. The van der Waals surface area contributed by atoms with Crippen LogP contribution in [0.15, 0.2) is 45.9 Å². The fraction of sp³-hybridized carbons (Fsp3) is 0.429. The standard InChI is InChI=1S/C21H25FN2O6S/c1-3-29-21(26)18-8-9-20(30-18)31(27,28)24-12-10-23(11-13-24)19(25)14-15(2)16-4-6-17(22)7-5-16/h4-9,15H,3,10-14H2,1-2H3. The monoisotopic (exact) mass is 452 g/mol. The Hall–Kier alpha value is -2.72. The molecule has 0 radical (unpaired) electrons. The maximum absolute atomic E-state index is 13.1. The van der Waals surface area contributed by atoms with Gasteiger partial charge in [0.25, 0.3) is 10.0 Å². The van der Waals surface area contributed by atoms with E-state index in [1.807, 2.05) is 6.92 Å². The Balaban J connectivity index is 1.57. The van der Waals surface area contributed by atoms with Crippen molar-refractivity contribution in [3.8, 4) is 0 Å². The number of amides is 1. The fourth-order valence-corrected chi connectivity index (χ4v) is 4.71. The number of carbonyl (C=O) groups excluding carboxylic acids is 2. The zero-order valence-corrected chi connectivity index (χ0v) is 18.2. The lowest BCUT2D eigenvalue weighted by Gasteiger charge is -2.34. The molecule has 0 N–H and O–H groups in total. The second kappa shape index (κ2) is 9.61. The molecule has 3 rings (SSSR count). The van der Waals surface area contributed by atoms with Crippen LogP contribution in [0.1, 0.15) is 42.3 Å². The van der Waals surface area contributed by atoms with Crippen LogP contribution in [0.4, 0.5) is 4.39 Å². The van der Waals surface area contributed by atoms with Gasteiger partial charge in [0.05, 0.1) is 6.61 Å². The molecule has 1 atom stereocenters. The highest BCUT2D eigenvalue weighted by Gasteiger charge is 2.33. The smallest absolute Gasteiger partial charge is 0.374 e.